The second-order valence-electron chi connectivity index (χ2n) is 9.49. The van der Waals surface area contributed by atoms with Gasteiger partial charge in [-0.25, -0.2) is 0 Å². The van der Waals surface area contributed by atoms with Crippen LogP contribution in [0.3, 0.4) is 0 Å². The van der Waals surface area contributed by atoms with Gasteiger partial charge in [-0.3, -0.25) is 4.79 Å². The van der Waals surface area contributed by atoms with Gasteiger partial charge in [0.05, 0.1) is 6.61 Å². The number of hydrogen-bond acceptors (Lipinski definition) is 3. The highest BCUT2D eigenvalue weighted by molar-refractivity contribution is 5.69. The summed E-state index contributed by atoms with van der Waals surface area (Å²) in [6, 6.07) is 0. The van der Waals surface area contributed by atoms with Crippen molar-refractivity contribution < 1.29 is 9.53 Å². The fourth-order valence-electron chi connectivity index (χ4n) is 3.00. The SMILES string of the molecule is CC(C)CCCCCC=CCCCCCCCC(=O)OCCC(C)(C)N(C)C. The minimum Gasteiger partial charge on any atom is -0.466 e. The molecule has 0 saturated carbocycles. The lowest BCUT2D eigenvalue weighted by Gasteiger charge is -2.32. The van der Waals surface area contributed by atoms with E-state index in [1.54, 1.807) is 0 Å². The maximum atomic E-state index is 11.8. The number of hydrogen-bond donors (Lipinski definition) is 0. The molecule has 0 atom stereocenters. The molecule has 0 amide bonds. The quantitative estimate of drug-likeness (QED) is 0.140. The summed E-state index contributed by atoms with van der Waals surface area (Å²) in [6.07, 6.45) is 19.9. The monoisotopic (exact) mass is 395 g/mol. The van der Waals surface area contributed by atoms with Crippen LogP contribution in [0.25, 0.3) is 0 Å². The van der Waals surface area contributed by atoms with Crippen molar-refractivity contribution in [3.63, 3.8) is 0 Å². The second kappa shape index (κ2) is 17.1. The summed E-state index contributed by atoms with van der Waals surface area (Å²) >= 11 is 0. The van der Waals surface area contributed by atoms with Crippen molar-refractivity contribution in [2.24, 2.45) is 5.92 Å². The van der Waals surface area contributed by atoms with Crippen LogP contribution in [0, 0.1) is 5.92 Å². The number of nitrogens with zero attached hydrogens (tertiary/aromatic N) is 1. The molecule has 0 saturated heterocycles. The lowest BCUT2D eigenvalue weighted by Crippen LogP contribution is -2.39. The molecule has 0 fully saturated rings. The summed E-state index contributed by atoms with van der Waals surface area (Å²) in [5.41, 5.74) is 0.0719. The molecular weight excluding hydrogens is 346 g/mol. The van der Waals surface area contributed by atoms with E-state index in [4.69, 9.17) is 4.74 Å². The molecule has 0 aromatic rings. The molecule has 0 aliphatic carbocycles. The lowest BCUT2D eigenvalue weighted by molar-refractivity contribution is -0.144. The zero-order chi connectivity index (χ0) is 21.3. The molecule has 0 aliphatic heterocycles. The van der Waals surface area contributed by atoms with Crippen molar-refractivity contribution in [3.05, 3.63) is 12.2 Å². The molecular formula is C25H49NO2. The highest BCUT2D eigenvalue weighted by Gasteiger charge is 2.20. The van der Waals surface area contributed by atoms with Crippen molar-refractivity contribution >= 4 is 5.97 Å². The van der Waals surface area contributed by atoms with E-state index in [0.717, 1.165) is 25.2 Å². The Morgan fingerprint density at radius 2 is 1.43 bits per heavy atom. The van der Waals surface area contributed by atoms with Crippen LogP contribution in [-0.2, 0) is 9.53 Å². The lowest BCUT2D eigenvalue weighted by atomic mass is 10.0. The van der Waals surface area contributed by atoms with Gasteiger partial charge in [-0.15, -0.1) is 0 Å². The Balaban J connectivity index is 3.38. The standard InChI is InChI=1S/C25H49NO2/c1-23(2)19-17-15-13-11-9-7-8-10-12-14-16-18-20-24(27)28-22-21-25(3,4)26(5)6/h7,9,23H,8,10-22H2,1-6H3. The van der Waals surface area contributed by atoms with E-state index in [1.807, 2.05) is 0 Å². The molecule has 0 aromatic heterocycles. The number of esters is 1. The Hall–Kier alpha value is -0.830. The minimum atomic E-state index is -0.0362. The van der Waals surface area contributed by atoms with Gasteiger partial charge >= 0.3 is 5.97 Å². The molecule has 0 unspecified atom stereocenters. The van der Waals surface area contributed by atoms with E-state index in [-0.39, 0.29) is 11.5 Å². The first kappa shape index (κ1) is 27.2. The predicted molar refractivity (Wildman–Crippen MR) is 123 cm³/mol. The van der Waals surface area contributed by atoms with Crippen molar-refractivity contribution in [1.82, 2.24) is 4.90 Å². The Kier molecular flexibility index (Phi) is 16.6. The van der Waals surface area contributed by atoms with Gasteiger partial charge in [0.15, 0.2) is 0 Å². The second-order valence-corrected chi connectivity index (χ2v) is 9.49. The minimum absolute atomic E-state index is 0.0362. The third-order valence-electron chi connectivity index (χ3n) is 5.76. The number of allylic oxidation sites excluding steroid dienone is 2. The Morgan fingerprint density at radius 3 is 2.00 bits per heavy atom. The average Bonchev–Trinajstić information content (AvgIpc) is 2.61. The van der Waals surface area contributed by atoms with E-state index >= 15 is 0 Å². The maximum absolute atomic E-state index is 11.8. The third-order valence-corrected chi connectivity index (χ3v) is 5.76. The van der Waals surface area contributed by atoms with Crippen LogP contribution in [0.4, 0.5) is 0 Å². The number of ether oxygens (including phenoxy) is 1. The topological polar surface area (TPSA) is 29.5 Å². The van der Waals surface area contributed by atoms with Gasteiger partial charge in [0.25, 0.3) is 0 Å². The first-order chi connectivity index (χ1) is 13.3. The summed E-state index contributed by atoms with van der Waals surface area (Å²) in [5.74, 6) is 0.813. The molecule has 28 heavy (non-hydrogen) atoms. The first-order valence-corrected chi connectivity index (χ1v) is 11.7. The van der Waals surface area contributed by atoms with E-state index in [1.165, 1.54) is 57.8 Å². The highest BCUT2D eigenvalue weighted by Crippen LogP contribution is 2.15. The summed E-state index contributed by atoms with van der Waals surface area (Å²) in [4.78, 5) is 14.0. The largest absolute Gasteiger partial charge is 0.466 e. The maximum Gasteiger partial charge on any atom is 0.305 e. The summed E-state index contributed by atoms with van der Waals surface area (Å²) < 4.78 is 5.37. The van der Waals surface area contributed by atoms with Gasteiger partial charge in [-0.2, -0.15) is 0 Å². The number of unbranched alkanes of at least 4 members (excludes halogenated alkanes) is 8. The fraction of sp³-hybridized carbons (Fsp3) is 0.880. The van der Waals surface area contributed by atoms with Crippen LogP contribution in [0.5, 0.6) is 0 Å². The van der Waals surface area contributed by atoms with Gasteiger partial charge in [-0.1, -0.05) is 64.5 Å². The van der Waals surface area contributed by atoms with E-state index in [2.05, 4.69) is 58.8 Å². The Bertz CT molecular complexity index is 399. The van der Waals surface area contributed by atoms with Crippen LogP contribution in [-0.4, -0.2) is 37.1 Å². The van der Waals surface area contributed by atoms with Crippen molar-refractivity contribution in [2.75, 3.05) is 20.7 Å². The first-order valence-electron chi connectivity index (χ1n) is 11.7. The zero-order valence-electron chi connectivity index (χ0n) is 19.9. The Morgan fingerprint density at radius 1 is 0.893 bits per heavy atom. The number of carbonyl (C=O) groups is 1. The molecule has 0 rings (SSSR count). The smallest absolute Gasteiger partial charge is 0.305 e. The van der Waals surface area contributed by atoms with Crippen LogP contribution in [0.15, 0.2) is 12.2 Å². The van der Waals surface area contributed by atoms with Crippen molar-refractivity contribution in [2.45, 2.75) is 117 Å². The van der Waals surface area contributed by atoms with E-state index < -0.39 is 0 Å². The molecule has 3 heteroatoms. The zero-order valence-corrected chi connectivity index (χ0v) is 19.9. The van der Waals surface area contributed by atoms with Gasteiger partial charge in [0.2, 0.25) is 0 Å². The van der Waals surface area contributed by atoms with E-state index in [0.29, 0.717) is 13.0 Å². The van der Waals surface area contributed by atoms with E-state index in [9.17, 15) is 4.79 Å². The van der Waals surface area contributed by atoms with Crippen LogP contribution in [0.1, 0.15) is 111 Å². The fourth-order valence-corrected chi connectivity index (χ4v) is 3.00. The molecule has 0 heterocycles. The molecule has 3 nitrogen and oxygen atoms in total. The molecule has 166 valence electrons. The van der Waals surface area contributed by atoms with Crippen molar-refractivity contribution in [3.8, 4) is 0 Å². The normalized spacial score (nSPS) is 12.4. The van der Waals surface area contributed by atoms with Gasteiger partial charge in [0.1, 0.15) is 0 Å². The molecule has 0 spiro atoms. The summed E-state index contributed by atoms with van der Waals surface area (Å²) in [5, 5.41) is 0. The predicted octanol–water partition coefficient (Wildman–Crippen LogP) is 7.15. The number of carbonyl (C=O) groups excluding carboxylic acids is 1. The van der Waals surface area contributed by atoms with Crippen LogP contribution < -0.4 is 0 Å². The third kappa shape index (κ3) is 17.3. The summed E-state index contributed by atoms with van der Waals surface area (Å²) in [7, 11) is 4.12. The molecule has 0 aromatic carbocycles. The molecule has 0 bridgehead atoms. The Labute approximate surface area is 176 Å². The van der Waals surface area contributed by atoms with Gasteiger partial charge < -0.3 is 9.64 Å². The molecule has 0 N–H and O–H groups in total. The number of rotatable bonds is 18. The average molecular weight is 396 g/mol. The molecule has 0 radical (unpaired) electrons. The van der Waals surface area contributed by atoms with Gasteiger partial charge in [0, 0.05) is 12.0 Å². The van der Waals surface area contributed by atoms with Gasteiger partial charge in [-0.05, 0) is 72.4 Å². The van der Waals surface area contributed by atoms with Crippen LogP contribution in [0.2, 0.25) is 0 Å². The summed E-state index contributed by atoms with van der Waals surface area (Å²) in [6.45, 7) is 9.47. The van der Waals surface area contributed by atoms with Crippen LogP contribution >= 0.6 is 0 Å². The van der Waals surface area contributed by atoms with Crippen molar-refractivity contribution in [1.29, 1.82) is 0 Å². The highest BCUT2D eigenvalue weighted by atomic mass is 16.5. The molecule has 0 aliphatic rings.